The van der Waals surface area contributed by atoms with E-state index in [1.165, 1.54) is 17.2 Å². The van der Waals surface area contributed by atoms with Gasteiger partial charge in [-0.25, -0.2) is 4.79 Å². The van der Waals surface area contributed by atoms with Crippen LogP contribution >= 0.6 is 0 Å². The van der Waals surface area contributed by atoms with Crippen LogP contribution in [-0.4, -0.2) is 52.0 Å². The van der Waals surface area contributed by atoms with Crippen LogP contribution in [0.5, 0.6) is 0 Å². The molecule has 0 radical (unpaired) electrons. The second-order valence-corrected chi connectivity index (χ2v) is 4.58. The smallest absolute Gasteiger partial charge is 0.328 e. The van der Waals surface area contributed by atoms with Crippen LogP contribution in [0.15, 0.2) is 23.5 Å². The number of carbonyl (C=O) groups excluding carboxylic acids is 1. The highest BCUT2D eigenvalue weighted by atomic mass is 16.5. The lowest BCUT2D eigenvalue weighted by atomic mass is 10.1. The minimum absolute atomic E-state index is 0.128. The predicted molar refractivity (Wildman–Crippen MR) is 70.4 cm³/mol. The molecule has 0 spiro atoms. The second-order valence-electron chi connectivity index (χ2n) is 4.58. The molecule has 1 fully saturated rings. The minimum Gasteiger partial charge on any atom is -0.394 e. The van der Waals surface area contributed by atoms with Gasteiger partial charge in [-0.15, -0.1) is 0 Å². The van der Waals surface area contributed by atoms with Crippen LogP contribution in [0.4, 0.5) is 4.79 Å². The maximum atomic E-state index is 12.0. The summed E-state index contributed by atoms with van der Waals surface area (Å²) in [4.78, 5) is 13.2. The van der Waals surface area contributed by atoms with Crippen LogP contribution in [0.2, 0.25) is 0 Å². The quantitative estimate of drug-likeness (QED) is 0.247. The van der Waals surface area contributed by atoms with Gasteiger partial charge in [-0.3, -0.25) is 10.3 Å². The van der Waals surface area contributed by atoms with Gasteiger partial charge in [0, 0.05) is 12.6 Å². The van der Waals surface area contributed by atoms with Crippen LogP contribution in [0, 0.1) is 16.7 Å². The van der Waals surface area contributed by atoms with E-state index in [1.807, 2.05) is 0 Å². The Labute approximate surface area is 120 Å². The van der Waals surface area contributed by atoms with E-state index in [2.05, 4.69) is 5.32 Å². The zero-order chi connectivity index (χ0) is 15.6. The van der Waals surface area contributed by atoms with E-state index in [9.17, 15) is 9.90 Å². The molecule has 112 valence electrons. The van der Waals surface area contributed by atoms with Gasteiger partial charge in [0.25, 0.3) is 0 Å². The maximum absolute atomic E-state index is 12.0. The van der Waals surface area contributed by atoms with Gasteiger partial charge in [-0.05, 0) is 6.08 Å². The van der Waals surface area contributed by atoms with Gasteiger partial charge in [0.2, 0.25) is 0 Å². The van der Waals surface area contributed by atoms with Crippen molar-refractivity contribution in [3.8, 4) is 6.07 Å². The average molecular weight is 293 g/mol. The number of allylic oxidation sites excluding steroid dienone is 1. The fraction of sp³-hybridized carbons (Fsp3) is 0.417. The van der Waals surface area contributed by atoms with Crippen LogP contribution in [-0.2, 0) is 4.74 Å². The third kappa shape index (κ3) is 2.87. The Morgan fingerprint density at radius 2 is 2.43 bits per heavy atom. The number of nitriles is 1. The number of nitrogens with one attached hydrogen (secondary N) is 2. The molecule has 9 nitrogen and oxygen atoms in total. The number of nitrogens with zero attached hydrogens (tertiary/aromatic N) is 2. The summed E-state index contributed by atoms with van der Waals surface area (Å²) in [5.41, 5.74) is 5.24. The van der Waals surface area contributed by atoms with Gasteiger partial charge in [0.1, 0.15) is 29.8 Å². The summed E-state index contributed by atoms with van der Waals surface area (Å²) < 4.78 is 5.37. The van der Waals surface area contributed by atoms with Crippen molar-refractivity contribution in [3.05, 3.63) is 23.5 Å². The predicted octanol–water partition coefficient (Wildman–Crippen LogP) is -1.29. The summed E-state index contributed by atoms with van der Waals surface area (Å²) in [5, 5.41) is 37.3. The Balaban J connectivity index is 2.19. The van der Waals surface area contributed by atoms with Gasteiger partial charge in [0.15, 0.2) is 0 Å². The highest BCUT2D eigenvalue weighted by molar-refractivity contribution is 6.00. The molecule has 9 heteroatoms. The molecule has 0 aromatic carbocycles. The molecule has 21 heavy (non-hydrogen) atoms. The number of amides is 2. The first-order valence-corrected chi connectivity index (χ1v) is 6.18. The van der Waals surface area contributed by atoms with Crippen molar-refractivity contribution in [2.24, 2.45) is 5.73 Å². The summed E-state index contributed by atoms with van der Waals surface area (Å²) in [5.74, 6) is -0.446. The number of ether oxygens (including phenoxy) is 1. The first-order valence-electron chi connectivity index (χ1n) is 6.18. The largest absolute Gasteiger partial charge is 0.394 e. The van der Waals surface area contributed by atoms with Crippen molar-refractivity contribution < 1.29 is 19.7 Å². The van der Waals surface area contributed by atoms with Gasteiger partial charge in [-0.1, -0.05) is 0 Å². The molecule has 0 aliphatic carbocycles. The molecule has 2 aliphatic rings. The monoisotopic (exact) mass is 293 g/mol. The number of aliphatic hydroxyl groups excluding tert-OH is 2. The van der Waals surface area contributed by atoms with Crippen molar-refractivity contribution in [2.45, 2.75) is 24.9 Å². The number of rotatable bonds is 3. The van der Waals surface area contributed by atoms with Gasteiger partial charge >= 0.3 is 6.03 Å². The van der Waals surface area contributed by atoms with E-state index in [1.54, 1.807) is 6.07 Å². The van der Waals surface area contributed by atoms with Gasteiger partial charge in [-0.2, -0.15) is 5.26 Å². The number of urea groups is 1. The lowest BCUT2D eigenvalue weighted by Crippen LogP contribution is -2.45. The molecule has 6 N–H and O–H groups in total. The second kappa shape index (κ2) is 5.92. The fourth-order valence-corrected chi connectivity index (χ4v) is 2.13. The lowest BCUT2D eigenvalue weighted by molar-refractivity contribution is -0.0535. The van der Waals surface area contributed by atoms with Crippen molar-refractivity contribution in [1.29, 1.82) is 10.7 Å². The van der Waals surface area contributed by atoms with E-state index in [0.29, 0.717) is 0 Å². The maximum Gasteiger partial charge on any atom is 0.328 e. The zero-order valence-corrected chi connectivity index (χ0v) is 11.0. The highest BCUT2D eigenvalue weighted by Gasteiger charge is 2.39. The van der Waals surface area contributed by atoms with Crippen LogP contribution in [0.1, 0.15) is 6.42 Å². The third-order valence-corrected chi connectivity index (χ3v) is 3.22. The zero-order valence-electron chi connectivity index (χ0n) is 11.0. The molecule has 3 atom stereocenters. The summed E-state index contributed by atoms with van der Waals surface area (Å²) in [6, 6.07) is 1.17. The molecule has 2 rings (SSSR count). The SMILES string of the molecule is N#C/C(C(=N)N)=C1/C=CN([C@H]2C[C@H](O)[C@@H](CO)O2)C(=O)N1. The number of hydrogen-bond acceptors (Lipinski definition) is 6. The van der Waals surface area contributed by atoms with E-state index in [0.717, 1.165) is 0 Å². The Morgan fingerprint density at radius 3 is 2.90 bits per heavy atom. The molecule has 2 heterocycles. The van der Waals surface area contributed by atoms with Crippen LogP contribution < -0.4 is 11.1 Å². The van der Waals surface area contributed by atoms with Crippen molar-refractivity contribution in [3.63, 3.8) is 0 Å². The van der Waals surface area contributed by atoms with Gasteiger partial charge in [0.05, 0.1) is 18.4 Å². The molecule has 2 aliphatic heterocycles. The van der Waals surface area contributed by atoms with E-state index in [4.69, 9.17) is 26.2 Å². The first kappa shape index (κ1) is 15.0. The van der Waals surface area contributed by atoms with E-state index in [-0.39, 0.29) is 24.3 Å². The molecule has 0 unspecified atom stereocenters. The number of carbonyl (C=O) groups is 1. The molecule has 2 amide bonds. The Bertz CT molecular complexity index is 564. The molecule has 1 saturated heterocycles. The number of amidine groups is 1. The Hall–Kier alpha value is -2.41. The van der Waals surface area contributed by atoms with Crippen LogP contribution in [0.3, 0.4) is 0 Å². The Morgan fingerprint density at radius 1 is 1.71 bits per heavy atom. The number of hydrogen-bond donors (Lipinski definition) is 5. The molecule has 0 bridgehead atoms. The molecule has 0 saturated carbocycles. The minimum atomic E-state index is -0.856. The van der Waals surface area contributed by atoms with Crippen LogP contribution in [0.25, 0.3) is 0 Å². The van der Waals surface area contributed by atoms with E-state index >= 15 is 0 Å². The van der Waals surface area contributed by atoms with Crippen molar-refractivity contribution >= 4 is 11.9 Å². The summed E-state index contributed by atoms with van der Waals surface area (Å²) in [7, 11) is 0. The van der Waals surface area contributed by atoms with Crippen molar-refractivity contribution in [1.82, 2.24) is 10.2 Å². The standard InChI is InChI=1S/C12H15N5O4/c13-4-6(11(14)15)7-1-2-17(12(20)16-7)10-3-8(19)9(5-18)21-10/h1-2,8-10,18-19H,3,5H2,(H3,14,15)(H,16,20)/b7-6+/t8-,9+,10+/m0/s1. The molecular formula is C12H15N5O4. The fourth-order valence-electron chi connectivity index (χ4n) is 2.13. The molecular weight excluding hydrogens is 278 g/mol. The average Bonchev–Trinajstić information content (AvgIpc) is 2.80. The first-order chi connectivity index (χ1) is 9.97. The number of nitrogens with two attached hydrogens (primary N) is 1. The third-order valence-electron chi connectivity index (χ3n) is 3.22. The normalized spacial score (nSPS) is 30.8. The summed E-state index contributed by atoms with van der Waals surface area (Å²) >= 11 is 0. The lowest BCUT2D eigenvalue weighted by Gasteiger charge is -2.28. The Kier molecular flexibility index (Phi) is 4.23. The summed E-state index contributed by atoms with van der Waals surface area (Å²) in [6.07, 6.45) is 0.664. The molecule has 0 aromatic heterocycles. The van der Waals surface area contributed by atoms with Gasteiger partial charge < -0.3 is 26.0 Å². The highest BCUT2D eigenvalue weighted by Crippen LogP contribution is 2.25. The van der Waals surface area contributed by atoms with E-state index < -0.39 is 30.3 Å². The topological polar surface area (TPSA) is 156 Å². The molecule has 0 aromatic rings. The summed E-state index contributed by atoms with van der Waals surface area (Å²) in [6.45, 7) is -0.342. The number of aliphatic hydroxyl groups is 2. The van der Waals surface area contributed by atoms with Crippen molar-refractivity contribution in [2.75, 3.05) is 6.61 Å².